The molecule has 90 valence electrons. The molecule has 2 nitrogen and oxygen atoms in total. The van der Waals surface area contributed by atoms with Crippen LogP contribution in [0.2, 0.25) is 0 Å². The van der Waals surface area contributed by atoms with Crippen molar-refractivity contribution in [1.29, 1.82) is 0 Å². The third-order valence-electron chi connectivity index (χ3n) is 4.12. The number of nitrogens with one attached hydrogen (secondary N) is 1. The lowest BCUT2D eigenvalue weighted by atomic mass is 9.74. The molecule has 1 unspecified atom stereocenters. The zero-order valence-electron chi connectivity index (χ0n) is 11.0. The van der Waals surface area contributed by atoms with Gasteiger partial charge in [-0.25, -0.2) is 0 Å². The van der Waals surface area contributed by atoms with E-state index in [1.54, 1.807) is 0 Å². The molecular weight excluding hydrogens is 184 g/mol. The third kappa shape index (κ3) is 2.73. The normalized spacial score (nSPS) is 23.0. The third-order valence-corrected chi connectivity index (χ3v) is 4.12. The van der Waals surface area contributed by atoms with Crippen LogP contribution >= 0.6 is 0 Å². The summed E-state index contributed by atoms with van der Waals surface area (Å²) in [5, 5.41) is 3.68. The van der Waals surface area contributed by atoms with Gasteiger partial charge in [0.2, 0.25) is 0 Å². The summed E-state index contributed by atoms with van der Waals surface area (Å²) in [5.41, 5.74) is 0.420. The molecule has 0 heterocycles. The summed E-state index contributed by atoms with van der Waals surface area (Å²) in [7, 11) is 4.51. The maximum Gasteiger partial charge on any atom is 0.0356 e. The van der Waals surface area contributed by atoms with Crippen molar-refractivity contribution in [3.63, 3.8) is 0 Å². The lowest BCUT2D eigenvalue weighted by Crippen LogP contribution is -2.59. The van der Waals surface area contributed by atoms with Crippen LogP contribution in [-0.2, 0) is 0 Å². The number of likely N-dealkylation sites (N-methyl/N-ethyl adjacent to an activating group) is 2. The first kappa shape index (κ1) is 13.0. The van der Waals surface area contributed by atoms with Crippen molar-refractivity contribution >= 4 is 0 Å². The Morgan fingerprint density at radius 2 is 1.73 bits per heavy atom. The second-order valence-electron chi connectivity index (χ2n) is 5.08. The van der Waals surface area contributed by atoms with Gasteiger partial charge in [0.25, 0.3) is 0 Å². The molecular formula is C13H28N2. The average molecular weight is 212 g/mol. The lowest BCUT2D eigenvalue weighted by molar-refractivity contribution is 0.0559. The Morgan fingerprint density at radius 1 is 1.13 bits per heavy atom. The van der Waals surface area contributed by atoms with Gasteiger partial charge in [0.1, 0.15) is 0 Å². The highest BCUT2D eigenvalue weighted by Gasteiger charge is 2.40. The van der Waals surface area contributed by atoms with Crippen LogP contribution < -0.4 is 5.32 Å². The van der Waals surface area contributed by atoms with Crippen LogP contribution in [0.25, 0.3) is 0 Å². The number of nitrogens with zero attached hydrogens (tertiary/aromatic N) is 1. The van der Waals surface area contributed by atoms with E-state index in [-0.39, 0.29) is 0 Å². The summed E-state index contributed by atoms with van der Waals surface area (Å²) >= 11 is 0. The van der Waals surface area contributed by atoms with Crippen molar-refractivity contribution in [3.8, 4) is 0 Å². The summed E-state index contributed by atoms with van der Waals surface area (Å²) in [6.45, 7) is 5.62. The Morgan fingerprint density at radius 3 is 2.13 bits per heavy atom. The van der Waals surface area contributed by atoms with Crippen molar-refractivity contribution in [2.24, 2.45) is 0 Å². The summed E-state index contributed by atoms with van der Waals surface area (Å²) < 4.78 is 0. The second-order valence-corrected chi connectivity index (χ2v) is 5.08. The van der Waals surface area contributed by atoms with Gasteiger partial charge in [0.05, 0.1) is 0 Å². The first-order valence-electron chi connectivity index (χ1n) is 6.58. The fourth-order valence-corrected chi connectivity index (χ4v) is 3.23. The molecule has 1 N–H and O–H groups in total. The molecule has 15 heavy (non-hydrogen) atoms. The highest BCUT2D eigenvalue weighted by Crippen LogP contribution is 2.36. The van der Waals surface area contributed by atoms with Crippen LogP contribution in [0.15, 0.2) is 0 Å². The SMILES string of the molecule is CCNC(CC)C1(N(C)C)CCCCC1. The van der Waals surface area contributed by atoms with Gasteiger partial charge in [-0.05, 0) is 39.9 Å². The van der Waals surface area contributed by atoms with Crippen molar-refractivity contribution in [1.82, 2.24) is 10.2 Å². The van der Waals surface area contributed by atoms with E-state index in [1.807, 2.05) is 0 Å². The van der Waals surface area contributed by atoms with E-state index in [4.69, 9.17) is 0 Å². The first-order chi connectivity index (χ1) is 7.17. The maximum atomic E-state index is 3.68. The molecule has 1 saturated carbocycles. The van der Waals surface area contributed by atoms with Gasteiger partial charge in [-0.2, -0.15) is 0 Å². The van der Waals surface area contributed by atoms with Crippen LogP contribution in [0.4, 0.5) is 0 Å². The highest BCUT2D eigenvalue weighted by molar-refractivity contribution is 4.99. The van der Waals surface area contributed by atoms with Crippen LogP contribution in [-0.4, -0.2) is 37.1 Å². The van der Waals surface area contributed by atoms with Crippen LogP contribution in [0.3, 0.4) is 0 Å². The maximum absolute atomic E-state index is 3.68. The quantitative estimate of drug-likeness (QED) is 0.753. The van der Waals surface area contributed by atoms with Crippen molar-refractivity contribution in [2.75, 3.05) is 20.6 Å². The van der Waals surface area contributed by atoms with E-state index in [1.165, 1.54) is 38.5 Å². The Kier molecular flexibility index (Phi) is 5.07. The zero-order valence-corrected chi connectivity index (χ0v) is 11.0. The van der Waals surface area contributed by atoms with Gasteiger partial charge < -0.3 is 10.2 Å². The van der Waals surface area contributed by atoms with Gasteiger partial charge in [0, 0.05) is 11.6 Å². The monoisotopic (exact) mass is 212 g/mol. The van der Waals surface area contributed by atoms with E-state index in [9.17, 15) is 0 Å². The molecule has 0 bridgehead atoms. The summed E-state index contributed by atoms with van der Waals surface area (Å²) in [6, 6.07) is 0.665. The Balaban J connectivity index is 2.77. The topological polar surface area (TPSA) is 15.3 Å². The van der Waals surface area contributed by atoms with E-state index in [0.29, 0.717) is 11.6 Å². The number of rotatable bonds is 5. The van der Waals surface area contributed by atoms with Crippen molar-refractivity contribution in [2.45, 2.75) is 64.0 Å². The molecule has 0 aliphatic heterocycles. The molecule has 1 fully saturated rings. The average Bonchev–Trinajstić information content (AvgIpc) is 2.26. The molecule has 1 aliphatic carbocycles. The molecule has 0 spiro atoms. The Labute approximate surface area is 95.4 Å². The van der Waals surface area contributed by atoms with Crippen LogP contribution in [0, 0.1) is 0 Å². The van der Waals surface area contributed by atoms with Gasteiger partial charge in [-0.1, -0.05) is 33.1 Å². The minimum Gasteiger partial charge on any atom is -0.312 e. The minimum absolute atomic E-state index is 0.420. The minimum atomic E-state index is 0.420. The lowest BCUT2D eigenvalue weighted by Gasteiger charge is -2.48. The second kappa shape index (κ2) is 5.86. The van der Waals surface area contributed by atoms with E-state index in [0.717, 1.165) is 6.54 Å². The van der Waals surface area contributed by atoms with Crippen LogP contribution in [0.5, 0.6) is 0 Å². The molecule has 0 radical (unpaired) electrons. The van der Waals surface area contributed by atoms with Gasteiger partial charge in [0.15, 0.2) is 0 Å². The fraction of sp³-hybridized carbons (Fsp3) is 1.00. The number of hydrogen-bond acceptors (Lipinski definition) is 2. The fourth-order valence-electron chi connectivity index (χ4n) is 3.23. The Hall–Kier alpha value is -0.0800. The van der Waals surface area contributed by atoms with E-state index < -0.39 is 0 Å². The largest absolute Gasteiger partial charge is 0.312 e. The molecule has 1 atom stereocenters. The molecule has 0 saturated heterocycles. The Bertz CT molecular complexity index is 171. The van der Waals surface area contributed by atoms with Gasteiger partial charge in [-0.15, -0.1) is 0 Å². The van der Waals surface area contributed by atoms with Gasteiger partial charge >= 0.3 is 0 Å². The summed E-state index contributed by atoms with van der Waals surface area (Å²) in [4.78, 5) is 2.48. The molecule has 2 heteroatoms. The molecule has 0 aromatic carbocycles. The molecule has 1 rings (SSSR count). The molecule has 1 aliphatic rings. The predicted molar refractivity (Wildman–Crippen MR) is 67.3 cm³/mol. The highest BCUT2D eigenvalue weighted by atomic mass is 15.2. The first-order valence-corrected chi connectivity index (χ1v) is 6.58. The van der Waals surface area contributed by atoms with E-state index in [2.05, 4.69) is 38.2 Å². The predicted octanol–water partition coefficient (Wildman–Crippen LogP) is 2.64. The van der Waals surface area contributed by atoms with Crippen molar-refractivity contribution < 1.29 is 0 Å². The zero-order chi connectivity index (χ0) is 11.3. The smallest absolute Gasteiger partial charge is 0.0356 e. The summed E-state index contributed by atoms with van der Waals surface area (Å²) in [6.07, 6.45) is 8.21. The van der Waals surface area contributed by atoms with Crippen LogP contribution in [0.1, 0.15) is 52.4 Å². The summed E-state index contributed by atoms with van der Waals surface area (Å²) in [5.74, 6) is 0. The molecule has 0 aromatic heterocycles. The molecule has 0 aromatic rings. The van der Waals surface area contributed by atoms with Crippen molar-refractivity contribution in [3.05, 3.63) is 0 Å². The number of hydrogen-bond donors (Lipinski definition) is 1. The van der Waals surface area contributed by atoms with Gasteiger partial charge in [-0.3, -0.25) is 0 Å². The standard InChI is InChI=1S/C13H28N2/c1-5-12(14-6-2)13(15(3)4)10-8-7-9-11-13/h12,14H,5-11H2,1-4H3. The van der Waals surface area contributed by atoms with E-state index >= 15 is 0 Å². The molecule has 0 amide bonds.